The van der Waals surface area contributed by atoms with Gasteiger partial charge in [0.05, 0.1) is 16.8 Å². The molecule has 0 radical (unpaired) electrons. The molecule has 0 bridgehead atoms. The van der Waals surface area contributed by atoms with Crippen LogP contribution in [-0.4, -0.2) is 50.8 Å². The molecule has 0 spiro atoms. The molecule has 0 saturated carbocycles. The lowest BCUT2D eigenvalue weighted by atomic mass is 10.0. The van der Waals surface area contributed by atoms with Gasteiger partial charge in [0.1, 0.15) is 12.8 Å². The average molecular weight is 422 g/mol. The molecular weight excluding hydrogens is 394 g/mol. The highest BCUT2D eigenvalue weighted by Gasteiger charge is 2.20. The van der Waals surface area contributed by atoms with E-state index in [1.807, 2.05) is 0 Å². The Hall–Kier alpha value is -2.10. The number of aliphatic imine (C=N–C) groups is 1. The third-order valence-electron chi connectivity index (χ3n) is 4.14. The zero-order chi connectivity index (χ0) is 20.7. The molecule has 1 aromatic heterocycles. The number of hydrogen-bond donors (Lipinski definition) is 1. The van der Waals surface area contributed by atoms with E-state index in [0.717, 1.165) is 27.6 Å². The summed E-state index contributed by atoms with van der Waals surface area (Å²) >= 11 is 1.07. The Kier molecular flexibility index (Phi) is 7.85. The minimum Gasteiger partial charge on any atom is -0.484 e. The van der Waals surface area contributed by atoms with Crippen LogP contribution in [0.25, 0.3) is 10.2 Å². The molecule has 1 heterocycles. The van der Waals surface area contributed by atoms with Crippen LogP contribution in [0.4, 0.5) is 0 Å². The van der Waals surface area contributed by atoms with Gasteiger partial charge in [0, 0.05) is 27.2 Å². The van der Waals surface area contributed by atoms with Crippen LogP contribution in [0.1, 0.15) is 16.8 Å². The molecule has 0 aliphatic carbocycles. The number of rotatable bonds is 11. The quantitative estimate of drug-likeness (QED) is 0.197. The maximum Gasteiger partial charge on any atom is 0.310 e. The first kappa shape index (κ1) is 22.2. The summed E-state index contributed by atoms with van der Waals surface area (Å²) in [6, 6.07) is 5.43. The Labute approximate surface area is 169 Å². The van der Waals surface area contributed by atoms with Crippen molar-refractivity contribution in [2.75, 3.05) is 13.7 Å². The number of benzene rings is 1. The van der Waals surface area contributed by atoms with Gasteiger partial charge in [-0.2, -0.15) is 0 Å². The molecular formula is C19H27N3O4SSi. The minimum absolute atomic E-state index is 0.133. The van der Waals surface area contributed by atoms with Crippen LogP contribution in [0.5, 0.6) is 0 Å². The third kappa shape index (κ3) is 5.95. The lowest BCUT2D eigenvalue weighted by molar-refractivity contribution is 0.0964. The van der Waals surface area contributed by atoms with E-state index >= 15 is 0 Å². The first-order chi connectivity index (χ1) is 13.3. The highest BCUT2D eigenvalue weighted by atomic mass is 32.1. The van der Waals surface area contributed by atoms with Crippen LogP contribution in [0.15, 0.2) is 28.0 Å². The van der Waals surface area contributed by atoms with Crippen molar-refractivity contribution in [3.63, 3.8) is 0 Å². The van der Waals surface area contributed by atoms with E-state index in [1.165, 1.54) is 24.3 Å². The fourth-order valence-corrected chi connectivity index (χ4v) is 4.19. The normalized spacial score (nSPS) is 13.1. The number of hydrogen-bond acceptors (Lipinski definition) is 7. The summed E-state index contributed by atoms with van der Waals surface area (Å²) in [5, 5.41) is 7.35. The standard InChI is InChI=1S/C19H27N3O4SSi/c1-25-13-22-16-6-5-14(11-17(16)27-19(22)24)18(23)15(7-8-20)21-12-26-9-10-28(2,3)4/h5-6,8,11-12,15,20H,7,9-10,13H2,1-4H3. The zero-order valence-electron chi connectivity index (χ0n) is 16.7. The Morgan fingerprint density at radius 3 is 2.79 bits per heavy atom. The van der Waals surface area contributed by atoms with Gasteiger partial charge >= 0.3 is 4.87 Å². The number of ketones is 1. The number of Topliss-reactive ketones (excluding diaryl/α,β-unsaturated/α-hetero) is 1. The van der Waals surface area contributed by atoms with Crippen LogP contribution >= 0.6 is 11.3 Å². The fraction of sp³-hybridized carbons (Fsp3) is 0.474. The first-order valence-electron chi connectivity index (χ1n) is 9.05. The maximum absolute atomic E-state index is 12.8. The van der Waals surface area contributed by atoms with Gasteiger partial charge in [0.25, 0.3) is 0 Å². The molecule has 0 fully saturated rings. The molecule has 1 N–H and O–H groups in total. The molecule has 0 amide bonds. The second-order valence-corrected chi connectivity index (χ2v) is 14.3. The number of nitrogens with one attached hydrogen (secondary N) is 1. The minimum atomic E-state index is -1.18. The van der Waals surface area contributed by atoms with E-state index in [2.05, 4.69) is 24.6 Å². The summed E-state index contributed by atoms with van der Waals surface area (Å²) in [5.41, 5.74) is 1.19. The topological polar surface area (TPSA) is 93.7 Å². The van der Waals surface area contributed by atoms with E-state index in [1.54, 1.807) is 18.2 Å². The zero-order valence-corrected chi connectivity index (χ0v) is 18.5. The number of fused-ring (bicyclic) bond motifs is 1. The summed E-state index contributed by atoms with van der Waals surface area (Å²) in [7, 11) is 0.343. The number of nitrogens with zero attached hydrogens (tertiary/aromatic N) is 2. The fourth-order valence-electron chi connectivity index (χ4n) is 2.54. The van der Waals surface area contributed by atoms with Crippen molar-refractivity contribution in [2.24, 2.45) is 4.99 Å². The van der Waals surface area contributed by atoms with Crippen LogP contribution in [0, 0.1) is 5.41 Å². The Morgan fingerprint density at radius 1 is 1.39 bits per heavy atom. The van der Waals surface area contributed by atoms with Gasteiger partial charge in [0.2, 0.25) is 0 Å². The Morgan fingerprint density at radius 2 is 2.14 bits per heavy atom. The maximum atomic E-state index is 12.8. The van der Waals surface area contributed by atoms with Crippen molar-refractivity contribution in [2.45, 2.75) is 44.9 Å². The van der Waals surface area contributed by atoms with Crippen molar-refractivity contribution in [1.82, 2.24) is 4.57 Å². The van der Waals surface area contributed by atoms with Crippen LogP contribution in [0.2, 0.25) is 25.7 Å². The van der Waals surface area contributed by atoms with Crippen molar-refractivity contribution in [3.05, 3.63) is 33.4 Å². The van der Waals surface area contributed by atoms with Gasteiger partial charge in [-0.3, -0.25) is 14.2 Å². The van der Waals surface area contributed by atoms with Gasteiger partial charge in [-0.25, -0.2) is 4.99 Å². The first-order valence-corrected chi connectivity index (χ1v) is 13.6. The molecule has 0 aliphatic heterocycles. The summed E-state index contributed by atoms with van der Waals surface area (Å²) in [4.78, 5) is 29.0. The molecule has 7 nitrogen and oxygen atoms in total. The van der Waals surface area contributed by atoms with E-state index in [9.17, 15) is 9.59 Å². The predicted octanol–water partition coefficient (Wildman–Crippen LogP) is 3.64. The molecule has 0 saturated heterocycles. The summed E-state index contributed by atoms with van der Waals surface area (Å²) in [5.74, 6) is -0.199. The van der Waals surface area contributed by atoms with Gasteiger partial charge in [-0.05, 0) is 30.5 Å². The molecule has 0 aliphatic rings. The Balaban J connectivity index is 2.15. The molecule has 2 aromatic rings. The van der Waals surface area contributed by atoms with Crippen molar-refractivity contribution >= 4 is 48.0 Å². The lowest BCUT2D eigenvalue weighted by Crippen LogP contribution is -2.22. The molecule has 2 rings (SSSR count). The Bertz CT molecular complexity index is 914. The van der Waals surface area contributed by atoms with Crippen LogP contribution < -0.4 is 4.87 Å². The van der Waals surface area contributed by atoms with Gasteiger partial charge in [-0.1, -0.05) is 31.0 Å². The number of aromatic nitrogens is 1. The molecule has 28 heavy (non-hydrogen) atoms. The summed E-state index contributed by atoms with van der Waals surface area (Å²) < 4.78 is 12.7. The molecule has 1 unspecified atom stereocenters. The largest absolute Gasteiger partial charge is 0.484 e. The number of ether oxygens (including phenoxy) is 2. The summed E-state index contributed by atoms with van der Waals surface area (Å²) in [6.45, 7) is 7.54. The van der Waals surface area contributed by atoms with Crippen molar-refractivity contribution in [1.29, 1.82) is 5.41 Å². The lowest BCUT2D eigenvalue weighted by Gasteiger charge is -2.14. The van der Waals surface area contributed by atoms with Crippen LogP contribution in [0.3, 0.4) is 0 Å². The predicted molar refractivity (Wildman–Crippen MR) is 117 cm³/mol. The second kappa shape index (κ2) is 9.90. The highest BCUT2D eigenvalue weighted by Crippen LogP contribution is 2.21. The van der Waals surface area contributed by atoms with E-state index < -0.39 is 14.1 Å². The number of carbonyl (C=O) groups excluding carboxylic acids is 1. The van der Waals surface area contributed by atoms with Crippen molar-refractivity contribution < 1.29 is 14.3 Å². The molecule has 1 aromatic carbocycles. The van der Waals surface area contributed by atoms with Crippen LogP contribution in [-0.2, 0) is 16.2 Å². The number of thiazole rings is 1. The van der Waals surface area contributed by atoms with Crippen molar-refractivity contribution in [3.8, 4) is 0 Å². The number of carbonyl (C=O) groups is 1. The monoisotopic (exact) mass is 421 g/mol. The molecule has 152 valence electrons. The molecule has 9 heteroatoms. The third-order valence-corrected chi connectivity index (χ3v) is 6.79. The van der Waals surface area contributed by atoms with E-state index in [4.69, 9.17) is 14.9 Å². The number of methoxy groups -OCH3 is 1. The van der Waals surface area contributed by atoms with Gasteiger partial charge in [-0.15, -0.1) is 0 Å². The van der Waals surface area contributed by atoms with E-state index in [-0.39, 0.29) is 23.8 Å². The average Bonchev–Trinajstić information content (AvgIpc) is 2.94. The summed E-state index contributed by atoms with van der Waals surface area (Å²) in [6.07, 6.45) is 2.71. The molecule has 1 atom stereocenters. The second-order valence-electron chi connectivity index (χ2n) is 7.65. The van der Waals surface area contributed by atoms with E-state index in [0.29, 0.717) is 12.2 Å². The van der Waals surface area contributed by atoms with Gasteiger partial charge in [0.15, 0.2) is 12.2 Å². The highest BCUT2D eigenvalue weighted by molar-refractivity contribution is 7.16. The smallest absolute Gasteiger partial charge is 0.310 e. The van der Waals surface area contributed by atoms with Gasteiger partial charge < -0.3 is 14.9 Å². The SMILES string of the molecule is COCn1c(=O)sc2cc(C(=O)C(CC=N)N=COCC[Si](C)(C)C)ccc21.